The molecule has 0 atom stereocenters. The van der Waals surface area contributed by atoms with Gasteiger partial charge in [-0.2, -0.15) is 13.2 Å². The molecule has 34 heavy (non-hydrogen) atoms. The highest BCUT2D eigenvalue weighted by Crippen LogP contribution is 2.21. The number of nitrogens with one attached hydrogen (secondary N) is 2. The molecule has 2 amide bonds. The van der Waals surface area contributed by atoms with Gasteiger partial charge in [0.05, 0.1) is 16.5 Å². The summed E-state index contributed by atoms with van der Waals surface area (Å²) in [4.78, 5) is 54.0. The molecule has 1 fully saturated rings. The number of carbonyl (C=O) groups excluding carboxylic acids is 2. The molecule has 1 aliphatic heterocycles. The molecule has 0 spiro atoms. The van der Waals surface area contributed by atoms with Crippen LogP contribution in [0, 0.1) is 5.82 Å². The molecule has 2 aromatic carbocycles. The van der Waals surface area contributed by atoms with Crippen LogP contribution in [0.15, 0.2) is 46.0 Å². The quantitative estimate of drug-likeness (QED) is 0.560. The van der Waals surface area contributed by atoms with E-state index in [9.17, 15) is 36.7 Å². The minimum atomic E-state index is -4.99. The van der Waals surface area contributed by atoms with Crippen LogP contribution in [-0.2, 0) is 11.2 Å². The lowest BCUT2D eigenvalue weighted by molar-refractivity contribution is -0.186. The molecule has 0 unspecified atom stereocenters. The van der Waals surface area contributed by atoms with Crippen LogP contribution in [0.25, 0.3) is 10.9 Å². The lowest BCUT2D eigenvalue weighted by Gasteiger charge is -2.35. The van der Waals surface area contributed by atoms with E-state index in [1.165, 1.54) is 23.1 Å². The lowest BCUT2D eigenvalue weighted by atomic mass is 10.0. The Morgan fingerprint density at radius 2 is 1.50 bits per heavy atom. The summed E-state index contributed by atoms with van der Waals surface area (Å²) in [5.74, 6) is -3.43. The number of alkyl halides is 3. The molecule has 178 valence electrons. The summed E-state index contributed by atoms with van der Waals surface area (Å²) in [7, 11) is 0. The van der Waals surface area contributed by atoms with E-state index in [1.54, 1.807) is 12.1 Å². The van der Waals surface area contributed by atoms with Gasteiger partial charge in [-0.3, -0.25) is 19.4 Å². The normalized spacial score (nSPS) is 14.5. The van der Waals surface area contributed by atoms with Crippen LogP contribution < -0.4 is 11.2 Å². The highest BCUT2D eigenvalue weighted by Gasteiger charge is 2.43. The van der Waals surface area contributed by atoms with Crippen molar-refractivity contribution in [3.8, 4) is 0 Å². The standard InChI is InChI=1S/C22H18F4N4O4/c23-16-4-2-12(9-13-1-3-14-17(11-13)27-21(34)28-18(14)31)10-15(16)19(32)29-5-7-30(8-6-29)20(33)22(24,25)26/h1-4,10-11H,5-9H2,(H2,27,28,31,34). The first kappa shape index (κ1) is 23.2. The summed E-state index contributed by atoms with van der Waals surface area (Å²) < 4.78 is 52.2. The van der Waals surface area contributed by atoms with Gasteiger partial charge in [-0.1, -0.05) is 12.1 Å². The average molecular weight is 478 g/mol. The van der Waals surface area contributed by atoms with Crippen molar-refractivity contribution in [3.63, 3.8) is 0 Å². The highest BCUT2D eigenvalue weighted by molar-refractivity contribution is 5.95. The molecule has 0 radical (unpaired) electrons. The maximum absolute atomic E-state index is 14.4. The number of benzene rings is 2. The SMILES string of the molecule is O=C(c1cc(Cc2ccc3c(=O)[nH]c(=O)[nH]c3c2)ccc1F)N1CCN(C(=O)C(F)(F)F)CC1. The lowest BCUT2D eigenvalue weighted by Crippen LogP contribution is -2.53. The molecule has 0 bridgehead atoms. The maximum Gasteiger partial charge on any atom is 0.471 e. The van der Waals surface area contributed by atoms with Crippen LogP contribution in [0.1, 0.15) is 21.5 Å². The van der Waals surface area contributed by atoms with Gasteiger partial charge in [0.15, 0.2) is 0 Å². The molecule has 1 aromatic heterocycles. The molecule has 1 aliphatic rings. The van der Waals surface area contributed by atoms with Gasteiger partial charge in [0.2, 0.25) is 0 Å². The smallest absolute Gasteiger partial charge is 0.335 e. The zero-order chi connectivity index (χ0) is 24.6. The molecule has 1 saturated heterocycles. The zero-order valence-electron chi connectivity index (χ0n) is 17.5. The monoisotopic (exact) mass is 478 g/mol. The van der Waals surface area contributed by atoms with Gasteiger partial charge < -0.3 is 14.8 Å². The summed E-state index contributed by atoms with van der Waals surface area (Å²) >= 11 is 0. The summed E-state index contributed by atoms with van der Waals surface area (Å²) in [6.07, 6.45) is -4.73. The molecule has 0 aliphatic carbocycles. The van der Waals surface area contributed by atoms with Crippen LogP contribution in [0.3, 0.4) is 0 Å². The van der Waals surface area contributed by atoms with Crippen LogP contribution in [0.5, 0.6) is 0 Å². The number of piperazine rings is 1. The van der Waals surface area contributed by atoms with E-state index in [1.807, 2.05) is 0 Å². The van der Waals surface area contributed by atoms with Gasteiger partial charge >= 0.3 is 17.8 Å². The van der Waals surface area contributed by atoms with E-state index in [0.717, 1.165) is 6.07 Å². The van der Waals surface area contributed by atoms with Gasteiger partial charge in [0, 0.05) is 26.2 Å². The van der Waals surface area contributed by atoms with E-state index in [0.29, 0.717) is 26.9 Å². The molecular formula is C22H18F4N4O4. The van der Waals surface area contributed by atoms with E-state index < -0.39 is 35.1 Å². The van der Waals surface area contributed by atoms with Crippen molar-refractivity contribution in [2.45, 2.75) is 12.6 Å². The van der Waals surface area contributed by atoms with Gasteiger partial charge in [-0.05, 0) is 41.8 Å². The Hall–Kier alpha value is -3.96. The predicted octanol–water partition coefficient (Wildman–Crippen LogP) is 1.79. The number of fused-ring (bicyclic) bond motifs is 1. The first-order chi connectivity index (χ1) is 16.0. The number of hydrogen-bond acceptors (Lipinski definition) is 4. The van der Waals surface area contributed by atoms with E-state index in [4.69, 9.17) is 0 Å². The third-order valence-electron chi connectivity index (χ3n) is 5.57. The Morgan fingerprint density at radius 1 is 0.882 bits per heavy atom. The first-order valence-electron chi connectivity index (χ1n) is 10.2. The molecule has 2 heterocycles. The Bertz CT molecular complexity index is 1390. The minimum Gasteiger partial charge on any atom is -0.335 e. The van der Waals surface area contributed by atoms with Crippen molar-refractivity contribution >= 4 is 22.7 Å². The van der Waals surface area contributed by atoms with Gasteiger partial charge in [-0.15, -0.1) is 0 Å². The van der Waals surface area contributed by atoms with Gasteiger partial charge in [-0.25, -0.2) is 9.18 Å². The summed E-state index contributed by atoms with van der Waals surface area (Å²) in [5.41, 5.74) is 0.174. The topological polar surface area (TPSA) is 106 Å². The number of H-pyrrole nitrogens is 2. The van der Waals surface area contributed by atoms with E-state index in [-0.39, 0.29) is 38.2 Å². The highest BCUT2D eigenvalue weighted by atomic mass is 19.4. The van der Waals surface area contributed by atoms with E-state index >= 15 is 0 Å². The molecule has 4 rings (SSSR count). The molecule has 2 N–H and O–H groups in total. The largest absolute Gasteiger partial charge is 0.471 e. The second-order valence-corrected chi connectivity index (χ2v) is 7.86. The van der Waals surface area contributed by atoms with Crippen molar-refractivity contribution in [2.24, 2.45) is 0 Å². The summed E-state index contributed by atoms with van der Waals surface area (Å²) in [6.45, 7) is -0.923. The number of amides is 2. The number of nitrogens with zero attached hydrogens (tertiary/aromatic N) is 2. The number of carbonyl (C=O) groups is 2. The van der Waals surface area contributed by atoms with Crippen LogP contribution in [0.4, 0.5) is 17.6 Å². The number of aromatic amines is 2. The molecule has 12 heteroatoms. The van der Waals surface area contributed by atoms with Crippen molar-refractivity contribution < 1.29 is 27.2 Å². The van der Waals surface area contributed by atoms with Crippen molar-refractivity contribution in [2.75, 3.05) is 26.2 Å². The fraction of sp³-hybridized carbons (Fsp3) is 0.273. The van der Waals surface area contributed by atoms with Crippen molar-refractivity contribution in [3.05, 3.63) is 79.7 Å². The number of rotatable bonds is 3. The number of aromatic nitrogens is 2. The third-order valence-corrected chi connectivity index (χ3v) is 5.57. The average Bonchev–Trinajstić information content (AvgIpc) is 2.78. The minimum absolute atomic E-state index is 0.156. The van der Waals surface area contributed by atoms with Gasteiger partial charge in [0.25, 0.3) is 11.5 Å². The third kappa shape index (κ3) is 4.70. The first-order valence-corrected chi connectivity index (χ1v) is 10.2. The van der Waals surface area contributed by atoms with Gasteiger partial charge in [0.1, 0.15) is 5.82 Å². The molecular weight excluding hydrogens is 460 g/mol. The Morgan fingerprint density at radius 3 is 2.18 bits per heavy atom. The summed E-state index contributed by atoms with van der Waals surface area (Å²) in [5, 5.41) is 0.293. The molecule has 3 aromatic rings. The fourth-order valence-electron chi connectivity index (χ4n) is 3.87. The zero-order valence-corrected chi connectivity index (χ0v) is 17.5. The van der Waals surface area contributed by atoms with Crippen LogP contribution in [-0.4, -0.2) is 63.9 Å². The second-order valence-electron chi connectivity index (χ2n) is 7.86. The maximum atomic E-state index is 14.4. The van der Waals surface area contributed by atoms with Crippen LogP contribution >= 0.6 is 0 Å². The number of halogens is 4. The second kappa shape index (κ2) is 8.76. The Labute approximate surface area is 188 Å². The van der Waals surface area contributed by atoms with Crippen molar-refractivity contribution in [1.82, 2.24) is 19.8 Å². The van der Waals surface area contributed by atoms with E-state index in [2.05, 4.69) is 9.97 Å². The Balaban J connectivity index is 1.51. The Kier molecular flexibility index (Phi) is 5.98. The van der Waals surface area contributed by atoms with Crippen LogP contribution in [0.2, 0.25) is 0 Å². The number of hydrogen-bond donors (Lipinski definition) is 2. The molecule has 8 nitrogen and oxygen atoms in total. The fourth-order valence-corrected chi connectivity index (χ4v) is 3.87. The summed E-state index contributed by atoms with van der Waals surface area (Å²) in [6, 6.07) is 8.77. The molecule has 0 saturated carbocycles. The predicted molar refractivity (Wildman–Crippen MR) is 113 cm³/mol. The van der Waals surface area contributed by atoms with Crippen molar-refractivity contribution in [1.29, 1.82) is 0 Å².